The number of nitrogens with zero attached hydrogens (tertiary/aromatic N) is 2. The smallest absolute Gasteiger partial charge is 0.358 e. The number of hydrogen-bond acceptors (Lipinski definition) is 5. The summed E-state index contributed by atoms with van der Waals surface area (Å²) in [7, 11) is 0. The molecule has 0 radical (unpaired) electrons. The number of aromatic nitrogens is 2. The van der Waals surface area contributed by atoms with Crippen LogP contribution in [0.25, 0.3) is 10.9 Å². The molecule has 0 bridgehead atoms. The fraction of sp³-hybridized carbons (Fsp3) is 0.400. The highest BCUT2D eigenvalue weighted by molar-refractivity contribution is 6.02. The van der Waals surface area contributed by atoms with Crippen LogP contribution >= 0.6 is 0 Å². The molecule has 2 N–H and O–H groups in total. The Hall–Kier alpha value is -2.21. The first-order chi connectivity index (χ1) is 10.3. The Morgan fingerprint density at radius 2 is 2.24 bits per heavy atom. The van der Waals surface area contributed by atoms with Crippen molar-refractivity contribution in [1.82, 2.24) is 10.2 Å². The van der Waals surface area contributed by atoms with E-state index in [0.717, 1.165) is 31.4 Å². The van der Waals surface area contributed by atoms with Crippen LogP contribution < -0.4 is 5.32 Å². The summed E-state index contributed by atoms with van der Waals surface area (Å²) in [6.45, 7) is 2.32. The van der Waals surface area contributed by atoms with Gasteiger partial charge in [-0.1, -0.05) is 18.2 Å². The van der Waals surface area contributed by atoms with Crippen molar-refractivity contribution in [3.05, 3.63) is 30.0 Å². The molecule has 2 aromatic rings. The number of anilines is 1. The number of rotatable bonds is 5. The van der Waals surface area contributed by atoms with Crippen LogP contribution in [0.5, 0.6) is 0 Å². The molecule has 2 heterocycles. The third kappa shape index (κ3) is 2.95. The molecule has 1 saturated heterocycles. The molecule has 0 amide bonds. The maximum absolute atomic E-state index is 11.3. The molecule has 110 valence electrons. The van der Waals surface area contributed by atoms with Gasteiger partial charge in [0, 0.05) is 25.1 Å². The Morgan fingerprint density at radius 3 is 3.00 bits per heavy atom. The summed E-state index contributed by atoms with van der Waals surface area (Å²) in [4.78, 5) is 11.3. The van der Waals surface area contributed by atoms with Gasteiger partial charge < -0.3 is 15.2 Å². The molecule has 6 nitrogen and oxygen atoms in total. The van der Waals surface area contributed by atoms with Gasteiger partial charge in [0.25, 0.3) is 0 Å². The molecule has 6 heteroatoms. The molecule has 0 saturated carbocycles. The van der Waals surface area contributed by atoms with E-state index in [-0.39, 0.29) is 5.69 Å². The number of carboxylic acids is 1. The van der Waals surface area contributed by atoms with Crippen molar-refractivity contribution in [3.8, 4) is 0 Å². The lowest BCUT2D eigenvalue weighted by Crippen LogP contribution is -2.14. The van der Waals surface area contributed by atoms with Gasteiger partial charge in [0.15, 0.2) is 5.69 Å². The zero-order valence-electron chi connectivity index (χ0n) is 11.6. The lowest BCUT2D eigenvalue weighted by Gasteiger charge is -2.13. The van der Waals surface area contributed by atoms with Crippen LogP contribution in [-0.4, -0.2) is 41.0 Å². The topological polar surface area (TPSA) is 84.3 Å². The summed E-state index contributed by atoms with van der Waals surface area (Å²) >= 11 is 0. The zero-order chi connectivity index (χ0) is 14.7. The second kappa shape index (κ2) is 6.05. The average molecular weight is 287 g/mol. The maximum Gasteiger partial charge on any atom is 0.358 e. The first-order valence-electron chi connectivity index (χ1n) is 7.06. The molecule has 1 fully saturated rings. The fourth-order valence-corrected chi connectivity index (χ4v) is 2.59. The first kappa shape index (κ1) is 13.8. The normalized spacial score (nSPS) is 18.0. The van der Waals surface area contributed by atoms with Crippen molar-refractivity contribution in [2.24, 2.45) is 5.92 Å². The molecule has 1 unspecified atom stereocenters. The summed E-state index contributed by atoms with van der Waals surface area (Å²) in [5, 5.41) is 21.1. The molecule has 0 aliphatic carbocycles. The summed E-state index contributed by atoms with van der Waals surface area (Å²) < 4.78 is 5.35. The van der Waals surface area contributed by atoms with Gasteiger partial charge in [0.1, 0.15) is 0 Å². The molecule has 0 spiro atoms. The molecule has 1 aromatic carbocycles. The van der Waals surface area contributed by atoms with E-state index in [1.165, 1.54) is 0 Å². The number of benzene rings is 1. The van der Waals surface area contributed by atoms with Gasteiger partial charge in [-0.15, -0.1) is 10.2 Å². The summed E-state index contributed by atoms with van der Waals surface area (Å²) in [6.07, 6.45) is 2.03. The largest absolute Gasteiger partial charge is 0.476 e. The molecule has 1 aromatic heterocycles. The number of carbonyl (C=O) groups is 1. The number of carboxylic acid groups (broad SMARTS) is 1. The fourth-order valence-electron chi connectivity index (χ4n) is 2.59. The summed E-state index contributed by atoms with van der Waals surface area (Å²) in [6, 6.07) is 7.41. The Bertz CT molecular complexity index is 654. The Balaban J connectivity index is 1.83. The quantitative estimate of drug-likeness (QED) is 0.876. The van der Waals surface area contributed by atoms with E-state index in [2.05, 4.69) is 15.5 Å². The van der Waals surface area contributed by atoms with Gasteiger partial charge in [0.05, 0.1) is 11.2 Å². The highest BCUT2D eigenvalue weighted by Crippen LogP contribution is 2.25. The molecular formula is C15H17N3O3. The van der Waals surface area contributed by atoms with Gasteiger partial charge in [0.2, 0.25) is 0 Å². The predicted octanol–water partition coefficient (Wildman–Crippen LogP) is 2.17. The standard InChI is InChI=1S/C15H17N3O3/c19-15(20)14-13(16-7-5-10-6-8-21-9-10)11-3-1-2-4-12(11)17-18-14/h1-4,10H,5-9H2,(H,16,17)(H,19,20). The van der Waals surface area contributed by atoms with E-state index >= 15 is 0 Å². The Morgan fingerprint density at radius 1 is 1.38 bits per heavy atom. The molecule has 1 aliphatic rings. The lowest BCUT2D eigenvalue weighted by atomic mass is 10.1. The van der Waals surface area contributed by atoms with E-state index in [0.29, 0.717) is 23.7 Å². The molecule has 21 heavy (non-hydrogen) atoms. The second-order valence-corrected chi connectivity index (χ2v) is 5.19. The Labute approximate surface area is 122 Å². The van der Waals surface area contributed by atoms with Crippen LogP contribution in [-0.2, 0) is 4.74 Å². The summed E-state index contributed by atoms with van der Waals surface area (Å²) in [5.74, 6) is -0.521. The highest BCUT2D eigenvalue weighted by atomic mass is 16.5. The second-order valence-electron chi connectivity index (χ2n) is 5.19. The van der Waals surface area contributed by atoms with E-state index in [4.69, 9.17) is 4.74 Å². The molecule has 1 aliphatic heterocycles. The highest BCUT2D eigenvalue weighted by Gasteiger charge is 2.18. The van der Waals surface area contributed by atoms with Crippen LogP contribution in [0.3, 0.4) is 0 Å². The van der Waals surface area contributed by atoms with Crippen LogP contribution in [0.4, 0.5) is 5.69 Å². The Kier molecular flexibility index (Phi) is 3.96. The summed E-state index contributed by atoms with van der Waals surface area (Å²) in [5.41, 5.74) is 1.21. The minimum absolute atomic E-state index is 0.0311. The van der Waals surface area contributed by atoms with Crippen molar-refractivity contribution in [3.63, 3.8) is 0 Å². The van der Waals surface area contributed by atoms with Crippen molar-refractivity contribution >= 4 is 22.6 Å². The number of hydrogen-bond donors (Lipinski definition) is 2. The van der Waals surface area contributed by atoms with Crippen LogP contribution in [0.2, 0.25) is 0 Å². The lowest BCUT2D eigenvalue weighted by molar-refractivity contribution is 0.0690. The number of aromatic carboxylic acids is 1. The van der Waals surface area contributed by atoms with Crippen LogP contribution in [0.15, 0.2) is 24.3 Å². The number of nitrogens with one attached hydrogen (secondary N) is 1. The number of fused-ring (bicyclic) bond motifs is 1. The van der Waals surface area contributed by atoms with Gasteiger partial charge >= 0.3 is 5.97 Å². The first-order valence-corrected chi connectivity index (χ1v) is 7.06. The van der Waals surface area contributed by atoms with E-state index in [9.17, 15) is 9.90 Å². The van der Waals surface area contributed by atoms with Gasteiger partial charge in [-0.3, -0.25) is 0 Å². The van der Waals surface area contributed by atoms with Gasteiger partial charge in [-0.2, -0.15) is 0 Å². The average Bonchev–Trinajstić information content (AvgIpc) is 3.00. The maximum atomic E-state index is 11.3. The third-order valence-electron chi connectivity index (χ3n) is 3.75. The van der Waals surface area contributed by atoms with Crippen LogP contribution in [0, 0.1) is 5.92 Å². The minimum atomic E-state index is -1.07. The zero-order valence-corrected chi connectivity index (χ0v) is 11.6. The van der Waals surface area contributed by atoms with Crippen molar-refractivity contribution in [2.75, 3.05) is 25.1 Å². The van der Waals surface area contributed by atoms with E-state index < -0.39 is 5.97 Å². The van der Waals surface area contributed by atoms with Crippen molar-refractivity contribution in [2.45, 2.75) is 12.8 Å². The SMILES string of the molecule is O=C(O)c1nnc2ccccc2c1NCCC1CCOC1. The van der Waals surface area contributed by atoms with Crippen LogP contribution in [0.1, 0.15) is 23.3 Å². The predicted molar refractivity (Wildman–Crippen MR) is 78.5 cm³/mol. The van der Waals surface area contributed by atoms with E-state index in [1.807, 2.05) is 24.3 Å². The van der Waals surface area contributed by atoms with Crippen molar-refractivity contribution in [1.29, 1.82) is 0 Å². The third-order valence-corrected chi connectivity index (χ3v) is 3.75. The number of ether oxygens (including phenoxy) is 1. The molecular weight excluding hydrogens is 270 g/mol. The van der Waals surface area contributed by atoms with Gasteiger partial charge in [-0.25, -0.2) is 4.79 Å². The van der Waals surface area contributed by atoms with E-state index in [1.54, 1.807) is 0 Å². The minimum Gasteiger partial charge on any atom is -0.476 e. The monoisotopic (exact) mass is 287 g/mol. The van der Waals surface area contributed by atoms with Gasteiger partial charge in [-0.05, 0) is 24.8 Å². The molecule has 1 atom stereocenters. The molecule has 3 rings (SSSR count). The van der Waals surface area contributed by atoms with Crippen molar-refractivity contribution < 1.29 is 14.6 Å².